The van der Waals surface area contributed by atoms with E-state index in [4.69, 9.17) is 14.3 Å². The molecule has 6 heteroatoms. The van der Waals surface area contributed by atoms with E-state index in [1.807, 2.05) is 51.1 Å². The number of oxime groups is 1. The molecule has 0 saturated heterocycles. The van der Waals surface area contributed by atoms with E-state index in [2.05, 4.69) is 10.5 Å². The summed E-state index contributed by atoms with van der Waals surface area (Å²) in [7, 11) is 1.59. The minimum absolute atomic E-state index is 0.168. The molecule has 27 heavy (non-hydrogen) atoms. The quantitative estimate of drug-likeness (QED) is 0.533. The van der Waals surface area contributed by atoms with E-state index in [1.165, 1.54) is 6.21 Å². The molecule has 0 bridgehead atoms. The summed E-state index contributed by atoms with van der Waals surface area (Å²) >= 11 is 0. The van der Waals surface area contributed by atoms with Gasteiger partial charge < -0.3 is 19.6 Å². The van der Waals surface area contributed by atoms with Crippen molar-refractivity contribution in [3.8, 4) is 11.5 Å². The molecule has 0 fully saturated rings. The van der Waals surface area contributed by atoms with Gasteiger partial charge in [-0.3, -0.25) is 4.79 Å². The highest BCUT2D eigenvalue weighted by atomic mass is 16.6. The number of carbonyl (C=O) groups excluding carboxylic acids is 1. The van der Waals surface area contributed by atoms with Gasteiger partial charge in [-0.2, -0.15) is 0 Å². The van der Waals surface area contributed by atoms with Crippen LogP contribution >= 0.6 is 0 Å². The van der Waals surface area contributed by atoms with Crippen LogP contribution in [0.15, 0.2) is 41.6 Å². The van der Waals surface area contributed by atoms with Gasteiger partial charge in [0, 0.05) is 11.3 Å². The number of carbonyl (C=O) groups is 1. The monoisotopic (exact) mass is 370 g/mol. The number of methoxy groups -OCH3 is 1. The highest BCUT2D eigenvalue weighted by molar-refractivity contribution is 5.92. The van der Waals surface area contributed by atoms with Crippen molar-refractivity contribution < 1.29 is 19.1 Å². The SMILES string of the molecule is CCCOc1ccc(/C=N/OCC(=O)Nc2cc(C)ccc2C)cc1OC. The fraction of sp³-hybridized carbons (Fsp3) is 0.333. The molecule has 0 saturated carbocycles. The van der Waals surface area contributed by atoms with E-state index in [-0.39, 0.29) is 12.5 Å². The van der Waals surface area contributed by atoms with Crippen LogP contribution in [0.1, 0.15) is 30.0 Å². The first-order chi connectivity index (χ1) is 13.0. The largest absolute Gasteiger partial charge is 0.493 e. The van der Waals surface area contributed by atoms with Gasteiger partial charge in [0.2, 0.25) is 0 Å². The minimum Gasteiger partial charge on any atom is -0.493 e. The third kappa shape index (κ3) is 6.33. The van der Waals surface area contributed by atoms with Crippen LogP contribution in [0.2, 0.25) is 0 Å². The highest BCUT2D eigenvalue weighted by Gasteiger charge is 2.06. The van der Waals surface area contributed by atoms with Crippen LogP contribution in [0.5, 0.6) is 11.5 Å². The molecule has 0 spiro atoms. The zero-order chi connectivity index (χ0) is 19.6. The number of nitrogens with zero attached hydrogens (tertiary/aromatic N) is 1. The standard InChI is InChI=1S/C21H26N2O4/c1-5-10-26-19-9-8-17(12-20(19)25-4)13-22-27-14-21(24)23-18-11-15(2)6-7-16(18)3/h6-9,11-13H,5,10,14H2,1-4H3,(H,23,24)/b22-13+. The summed E-state index contributed by atoms with van der Waals surface area (Å²) in [6.07, 6.45) is 2.45. The second kappa shape index (κ2) is 10.2. The molecule has 6 nitrogen and oxygen atoms in total. The first-order valence-corrected chi connectivity index (χ1v) is 8.86. The maximum atomic E-state index is 12.0. The first kappa shape index (κ1) is 20.3. The Labute approximate surface area is 160 Å². The zero-order valence-electron chi connectivity index (χ0n) is 16.2. The van der Waals surface area contributed by atoms with Crippen molar-refractivity contribution in [2.75, 3.05) is 25.6 Å². The van der Waals surface area contributed by atoms with Gasteiger partial charge in [0.1, 0.15) is 0 Å². The van der Waals surface area contributed by atoms with Crippen molar-refractivity contribution in [1.29, 1.82) is 0 Å². The second-order valence-electron chi connectivity index (χ2n) is 6.13. The number of anilines is 1. The molecule has 1 amide bonds. The van der Waals surface area contributed by atoms with Gasteiger partial charge in [-0.1, -0.05) is 24.2 Å². The third-order valence-corrected chi connectivity index (χ3v) is 3.79. The van der Waals surface area contributed by atoms with E-state index in [0.29, 0.717) is 18.1 Å². The molecule has 0 aromatic heterocycles. The zero-order valence-corrected chi connectivity index (χ0v) is 16.2. The smallest absolute Gasteiger partial charge is 0.265 e. The number of hydrogen-bond donors (Lipinski definition) is 1. The number of amides is 1. The Kier molecular flexibility index (Phi) is 7.67. The van der Waals surface area contributed by atoms with Crippen LogP contribution in [0.4, 0.5) is 5.69 Å². The van der Waals surface area contributed by atoms with E-state index in [9.17, 15) is 4.79 Å². The van der Waals surface area contributed by atoms with Gasteiger partial charge in [-0.25, -0.2) is 0 Å². The van der Waals surface area contributed by atoms with E-state index in [1.54, 1.807) is 13.2 Å². The fourth-order valence-electron chi connectivity index (χ4n) is 2.35. The number of ether oxygens (including phenoxy) is 2. The highest BCUT2D eigenvalue weighted by Crippen LogP contribution is 2.27. The van der Waals surface area contributed by atoms with Gasteiger partial charge in [-0.15, -0.1) is 0 Å². The third-order valence-electron chi connectivity index (χ3n) is 3.79. The lowest BCUT2D eigenvalue weighted by Gasteiger charge is -2.10. The lowest BCUT2D eigenvalue weighted by molar-refractivity contribution is -0.120. The van der Waals surface area contributed by atoms with E-state index < -0.39 is 0 Å². The van der Waals surface area contributed by atoms with Gasteiger partial charge in [0.05, 0.1) is 19.9 Å². The summed E-state index contributed by atoms with van der Waals surface area (Å²) in [4.78, 5) is 17.1. The molecule has 0 aliphatic rings. The summed E-state index contributed by atoms with van der Waals surface area (Å²) in [6, 6.07) is 11.3. The van der Waals surface area contributed by atoms with E-state index in [0.717, 1.165) is 28.8 Å². The Hall–Kier alpha value is -3.02. The predicted octanol–water partition coefficient (Wildman–Crippen LogP) is 4.09. The summed E-state index contributed by atoms with van der Waals surface area (Å²) in [5.74, 6) is 1.05. The first-order valence-electron chi connectivity index (χ1n) is 8.86. The molecule has 0 aliphatic carbocycles. The van der Waals surface area contributed by atoms with Crippen LogP contribution in [0, 0.1) is 13.8 Å². The van der Waals surface area contributed by atoms with Crippen LogP contribution in [-0.2, 0) is 9.63 Å². The Morgan fingerprint density at radius 3 is 2.70 bits per heavy atom. The van der Waals surface area contributed by atoms with Crippen LogP contribution < -0.4 is 14.8 Å². The number of hydrogen-bond acceptors (Lipinski definition) is 5. The molecule has 2 rings (SSSR count). The van der Waals surface area contributed by atoms with Crippen molar-refractivity contribution in [3.05, 3.63) is 53.1 Å². The summed E-state index contributed by atoms with van der Waals surface area (Å²) in [5, 5.41) is 6.67. The number of aryl methyl sites for hydroxylation is 2. The number of rotatable bonds is 9. The van der Waals surface area contributed by atoms with Crippen molar-refractivity contribution >= 4 is 17.8 Å². The molecule has 0 aliphatic heterocycles. The van der Waals surface area contributed by atoms with Gasteiger partial charge >= 0.3 is 0 Å². The topological polar surface area (TPSA) is 69.2 Å². The average Bonchev–Trinajstić information content (AvgIpc) is 2.66. The molecule has 0 heterocycles. The Bertz CT molecular complexity index is 803. The summed E-state index contributed by atoms with van der Waals surface area (Å²) < 4.78 is 10.9. The maximum Gasteiger partial charge on any atom is 0.265 e. The molecule has 144 valence electrons. The number of benzene rings is 2. The van der Waals surface area contributed by atoms with Crippen LogP contribution in [-0.4, -0.2) is 32.4 Å². The van der Waals surface area contributed by atoms with Crippen molar-refractivity contribution in [2.24, 2.45) is 5.16 Å². The Balaban J connectivity index is 1.88. The molecule has 0 radical (unpaired) electrons. The Morgan fingerprint density at radius 1 is 1.15 bits per heavy atom. The second-order valence-corrected chi connectivity index (χ2v) is 6.13. The molecule has 1 N–H and O–H groups in total. The van der Waals surface area contributed by atoms with Gasteiger partial charge in [0.25, 0.3) is 5.91 Å². The lowest BCUT2D eigenvalue weighted by atomic mass is 10.1. The predicted molar refractivity (Wildman–Crippen MR) is 107 cm³/mol. The Morgan fingerprint density at radius 2 is 1.96 bits per heavy atom. The van der Waals surface area contributed by atoms with Crippen LogP contribution in [0.25, 0.3) is 0 Å². The molecular weight excluding hydrogens is 344 g/mol. The number of nitrogens with one attached hydrogen (secondary N) is 1. The molecular formula is C21H26N2O4. The average molecular weight is 370 g/mol. The summed E-state index contributed by atoms with van der Waals surface area (Å²) in [5.41, 5.74) is 3.63. The maximum absolute atomic E-state index is 12.0. The van der Waals surface area contributed by atoms with Crippen molar-refractivity contribution in [3.63, 3.8) is 0 Å². The van der Waals surface area contributed by atoms with Crippen molar-refractivity contribution in [1.82, 2.24) is 0 Å². The van der Waals surface area contributed by atoms with Gasteiger partial charge in [-0.05, 0) is 55.7 Å². The van der Waals surface area contributed by atoms with Gasteiger partial charge in [0.15, 0.2) is 18.1 Å². The normalized spacial score (nSPS) is 10.7. The van der Waals surface area contributed by atoms with E-state index >= 15 is 0 Å². The molecule has 0 atom stereocenters. The van der Waals surface area contributed by atoms with Crippen LogP contribution in [0.3, 0.4) is 0 Å². The summed E-state index contributed by atoms with van der Waals surface area (Å²) in [6.45, 7) is 6.42. The molecule has 2 aromatic carbocycles. The molecule has 2 aromatic rings. The minimum atomic E-state index is -0.262. The lowest BCUT2D eigenvalue weighted by Crippen LogP contribution is -2.17. The fourth-order valence-corrected chi connectivity index (χ4v) is 2.35. The molecule has 0 unspecified atom stereocenters. The van der Waals surface area contributed by atoms with Crippen molar-refractivity contribution in [2.45, 2.75) is 27.2 Å².